The fourth-order valence-corrected chi connectivity index (χ4v) is 5.69. The minimum atomic E-state index is -0.0581. The second kappa shape index (κ2) is 9.58. The van der Waals surface area contributed by atoms with Crippen molar-refractivity contribution in [1.29, 1.82) is 0 Å². The zero-order valence-corrected chi connectivity index (χ0v) is 20.7. The van der Waals surface area contributed by atoms with E-state index in [-0.39, 0.29) is 17.7 Å². The number of carbonyl (C=O) groups is 2. The molecule has 1 aromatic heterocycles. The minimum absolute atomic E-state index is 0.0547. The lowest BCUT2D eigenvalue weighted by Crippen LogP contribution is -2.34. The first-order valence-corrected chi connectivity index (χ1v) is 12.8. The molecule has 0 spiro atoms. The average molecular weight is 488 g/mol. The molecule has 0 aliphatic carbocycles. The molecule has 180 valence electrons. The van der Waals surface area contributed by atoms with E-state index in [4.69, 9.17) is 4.74 Å². The van der Waals surface area contributed by atoms with Gasteiger partial charge in [0.1, 0.15) is 17.2 Å². The highest BCUT2D eigenvalue weighted by Crippen LogP contribution is 2.38. The van der Waals surface area contributed by atoms with Gasteiger partial charge in [-0.05, 0) is 61.7 Å². The first kappa shape index (κ1) is 23.2. The molecule has 6 nitrogen and oxygen atoms in total. The number of Topliss-reactive ketones (excluding diaryl/α,β-unsaturated/α-hetero) is 1. The molecule has 0 saturated carbocycles. The lowest BCUT2D eigenvalue weighted by molar-refractivity contribution is 0.0947. The van der Waals surface area contributed by atoms with Crippen LogP contribution in [-0.2, 0) is 6.42 Å². The lowest BCUT2D eigenvalue weighted by Gasteiger charge is -2.31. The van der Waals surface area contributed by atoms with Gasteiger partial charge >= 0.3 is 0 Å². The van der Waals surface area contributed by atoms with Gasteiger partial charge in [-0.25, -0.2) is 0 Å². The van der Waals surface area contributed by atoms with Crippen LogP contribution >= 0.6 is 11.3 Å². The molecule has 35 heavy (non-hydrogen) atoms. The Bertz CT molecular complexity index is 1340. The van der Waals surface area contributed by atoms with Crippen LogP contribution in [-0.4, -0.2) is 37.4 Å². The van der Waals surface area contributed by atoms with Gasteiger partial charge in [0.2, 0.25) is 0 Å². The number of nitrogens with zero attached hydrogens (tertiary/aromatic N) is 1. The molecule has 2 aromatic carbocycles. The van der Waals surface area contributed by atoms with E-state index in [0.717, 1.165) is 57.9 Å². The van der Waals surface area contributed by atoms with Crippen LogP contribution < -0.4 is 20.3 Å². The maximum Gasteiger partial charge on any atom is 0.263 e. The minimum Gasteiger partial charge on any atom is -0.490 e. The Hall–Kier alpha value is -3.58. The van der Waals surface area contributed by atoms with Gasteiger partial charge in [0.25, 0.3) is 5.91 Å². The van der Waals surface area contributed by atoms with Crippen molar-refractivity contribution >= 4 is 44.5 Å². The van der Waals surface area contributed by atoms with E-state index < -0.39 is 0 Å². The number of ether oxygens (including phenoxy) is 1. The normalized spacial score (nSPS) is 16.9. The van der Waals surface area contributed by atoms with Crippen molar-refractivity contribution in [1.82, 2.24) is 5.32 Å². The molecule has 1 atom stereocenters. The molecule has 2 aliphatic heterocycles. The molecule has 2 aliphatic rings. The quantitative estimate of drug-likeness (QED) is 0.338. The standard InChI is InChI=1S/C28H29N3O3S/c1-4-18(3)31-12-13-34-24-10-8-19(14-22(24)31)6-5-7-23(32)20-9-11-25-21(15-20)26-27(35-25)28(33)30-17(2)16-29-26/h4,8-11,14-15,17,29H,1,3,5-7,12-13,16H2,2H3,(H,30,33)/t17-/m1/s1. The predicted octanol–water partition coefficient (Wildman–Crippen LogP) is 5.55. The third-order valence-electron chi connectivity index (χ3n) is 6.52. The zero-order valence-electron chi connectivity index (χ0n) is 19.9. The van der Waals surface area contributed by atoms with Crippen LogP contribution in [0.4, 0.5) is 11.4 Å². The molecule has 1 amide bonds. The highest BCUT2D eigenvalue weighted by molar-refractivity contribution is 7.21. The summed E-state index contributed by atoms with van der Waals surface area (Å²) >= 11 is 1.46. The van der Waals surface area contributed by atoms with E-state index in [1.54, 1.807) is 6.08 Å². The number of benzene rings is 2. The number of nitrogens with one attached hydrogen (secondary N) is 2. The van der Waals surface area contributed by atoms with Gasteiger partial charge in [0, 0.05) is 40.4 Å². The fraction of sp³-hybridized carbons (Fsp3) is 0.286. The van der Waals surface area contributed by atoms with Crippen molar-refractivity contribution in [3.8, 4) is 5.75 Å². The molecule has 5 rings (SSSR count). The van der Waals surface area contributed by atoms with Gasteiger partial charge in [-0.15, -0.1) is 11.3 Å². The van der Waals surface area contributed by atoms with Crippen molar-refractivity contribution in [3.05, 3.63) is 77.3 Å². The van der Waals surface area contributed by atoms with E-state index in [0.29, 0.717) is 30.0 Å². The molecule has 7 heteroatoms. The summed E-state index contributed by atoms with van der Waals surface area (Å²) in [5, 5.41) is 7.32. The summed E-state index contributed by atoms with van der Waals surface area (Å²) in [6.07, 6.45) is 3.76. The van der Waals surface area contributed by atoms with E-state index in [9.17, 15) is 9.59 Å². The number of aryl methyl sites for hydroxylation is 1. The zero-order chi connectivity index (χ0) is 24.5. The number of hydrogen-bond acceptors (Lipinski definition) is 6. The summed E-state index contributed by atoms with van der Waals surface area (Å²) in [4.78, 5) is 28.3. The van der Waals surface area contributed by atoms with Gasteiger partial charge in [-0.1, -0.05) is 19.2 Å². The van der Waals surface area contributed by atoms with Crippen molar-refractivity contribution in [2.45, 2.75) is 32.2 Å². The molecule has 3 heterocycles. The second-order valence-electron chi connectivity index (χ2n) is 9.05. The Morgan fingerprint density at radius 3 is 2.97 bits per heavy atom. The van der Waals surface area contributed by atoms with E-state index in [1.165, 1.54) is 11.3 Å². The monoisotopic (exact) mass is 487 g/mol. The Balaban J connectivity index is 1.28. The van der Waals surface area contributed by atoms with E-state index in [1.807, 2.05) is 31.2 Å². The first-order chi connectivity index (χ1) is 16.9. The van der Waals surface area contributed by atoms with Gasteiger partial charge in [0.15, 0.2) is 5.78 Å². The number of carbonyl (C=O) groups excluding carboxylic acids is 2. The maximum absolute atomic E-state index is 13.0. The second-order valence-corrected chi connectivity index (χ2v) is 10.1. The van der Waals surface area contributed by atoms with Crippen LogP contribution in [0.5, 0.6) is 5.75 Å². The van der Waals surface area contributed by atoms with Crippen LogP contribution in [0.2, 0.25) is 0 Å². The summed E-state index contributed by atoms with van der Waals surface area (Å²) < 4.78 is 6.80. The highest BCUT2D eigenvalue weighted by atomic mass is 32.1. The largest absolute Gasteiger partial charge is 0.490 e. The molecular formula is C28H29N3O3S. The maximum atomic E-state index is 13.0. The van der Waals surface area contributed by atoms with Crippen molar-refractivity contribution in [3.63, 3.8) is 0 Å². The number of allylic oxidation sites excluding steroid dienone is 1. The highest BCUT2D eigenvalue weighted by Gasteiger charge is 2.24. The molecule has 0 bridgehead atoms. The van der Waals surface area contributed by atoms with Crippen molar-refractivity contribution in [2.24, 2.45) is 0 Å². The van der Waals surface area contributed by atoms with Gasteiger partial charge in [-0.2, -0.15) is 0 Å². The van der Waals surface area contributed by atoms with E-state index >= 15 is 0 Å². The Morgan fingerprint density at radius 1 is 1.29 bits per heavy atom. The number of ketones is 1. The molecule has 3 aromatic rings. The average Bonchev–Trinajstić information content (AvgIpc) is 3.17. The number of fused-ring (bicyclic) bond motifs is 4. The summed E-state index contributed by atoms with van der Waals surface area (Å²) in [5.41, 5.74) is 4.53. The van der Waals surface area contributed by atoms with E-state index in [2.05, 4.69) is 40.8 Å². The van der Waals surface area contributed by atoms with Gasteiger partial charge in [-0.3, -0.25) is 9.59 Å². The Kier molecular flexibility index (Phi) is 6.34. The smallest absolute Gasteiger partial charge is 0.263 e. The third-order valence-corrected chi connectivity index (χ3v) is 7.69. The molecule has 0 fully saturated rings. The van der Waals surface area contributed by atoms with Crippen LogP contribution in [0.3, 0.4) is 0 Å². The fourth-order valence-electron chi connectivity index (χ4n) is 4.63. The van der Waals surface area contributed by atoms with Gasteiger partial charge < -0.3 is 20.3 Å². The predicted molar refractivity (Wildman–Crippen MR) is 143 cm³/mol. The van der Waals surface area contributed by atoms with Crippen LogP contribution in [0.25, 0.3) is 10.1 Å². The summed E-state index contributed by atoms with van der Waals surface area (Å²) in [7, 11) is 0. The topological polar surface area (TPSA) is 70.7 Å². The molecule has 0 unspecified atom stereocenters. The number of anilines is 2. The number of hydrogen-bond donors (Lipinski definition) is 2. The first-order valence-electron chi connectivity index (χ1n) is 11.9. The van der Waals surface area contributed by atoms with Crippen LogP contribution in [0.15, 0.2) is 61.3 Å². The number of rotatable bonds is 7. The lowest BCUT2D eigenvalue weighted by atomic mass is 10.0. The van der Waals surface area contributed by atoms with Gasteiger partial charge in [0.05, 0.1) is 17.9 Å². The Morgan fingerprint density at radius 2 is 2.14 bits per heavy atom. The number of thiophene rings is 1. The molecule has 2 N–H and O–H groups in total. The third kappa shape index (κ3) is 4.56. The SMILES string of the molecule is C=CC(=C)N1CCOc2ccc(CCCC(=O)c3ccc4sc5c(c4c3)NC[C@@H](C)NC5=O)cc21. The summed E-state index contributed by atoms with van der Waals surface area (Å²) in [6, 6.07) is 12.0. The molecular weight excluding hydrogens is 458 g/mol. The summed E-state index contributed by atoms with van der Waals surface area (Å²) in [5.74, 6) is 0.900. The Labute approximate surface area is 209 Å². The van der Waals surface area contributed by atoms with Crippen molar-refractivity contribution < 1.29 is 14.3 Å². The summed E-state index contributed by atoms with van der Waals surface area (Å²) in [6.45, 7) is 11.9. The van der Waals surface area contributed by atoms with Crippen LogP contribution in [0, 0.1) is 0 Å². The number of amides is 1. The van der Waals surface area contributed by atoms with Crippen LogP contribution in [0.1, 0.15) is 45.4 Å². The molecule has 0 radical (unpaired) electrons. The van der Waals surface area contributed by atoms with Crippen molar-refractivity contribution in [2.75, 3.05) is 29.9 Å². The molecule has 0 saturated heterocycles.